The number of hydrogen-bond donors (Lipinski definition) is 0. The van der Waals surface area contributed by atoms with Gasteiger partial charge < -0.3 is 0 Å². The van der Waals surface area contributed by atoms with Crippen molar-refractivity contribution >= 4 is 5.78 Å². The van der Waals surface area contributed by atoms with Crippen LogP contribution in [-0.4, -0.2) is 5.78 Å². The predicted molar refractivity (Wildman–Crippen MR) is 46.4 cm³/mol. The Hall–Kier alpha value is -0.590. The summed E-state index contributed by atoms with van der Waals surface area (Å²) in [6, 6.07) is 0. The van der Waals surface area contributed by atoms with E-state index in [0.29, 0.717) is 11.2 Å². The number of hydrogen-bond acceptors (Lipinski definition) is 1. The fraction of sp³-hybridized carbons (Fsp3) is 0.700. The van der Waals surface area contributed by atoms with E-state index >= 15 is 0 Å². The van der Waals surface area contributed by atoms with Gasteiger partial charge in [-0.3, -0.25) is 4.79 Å². The fourth-order valence-corrected chi connectivity index (χ4v) is 1.58. The Balaban J connectivity index is 2.74. The molecule has 1 aliphatic carbocycles. The summed E-state index contributed by atoms with van der Waals surface area (Å²) in [4.78, 5) is 11.2. The van der Waals surface area contributed by atoms with Gasteiger partial charge in [0.05, 0.1) is 0 Å². The summed E-state index contributed by atoms with van der Waals surface area (Å²) < 4.78 is 0. The lowest BCUT2D eigenvalue weighted by Gasteiger charge is -2.30. The van der Waals surface area contributed by atoms with Crippen molar-refractivity contribution in [2.75, 3.05) is 0 Å². The first-order valence-electron chi connectivity index (χ1n) is 4.23. The van der Waals surface area contributed by atoms with E-state index in [4.69, 9.17) is 0 Å². The molecule has 0 heterocycles. The van der Waals surface area contributed by atoms with Gasteiger partial charge >= 0.3 is 0 Å². The lowest BCUT2D eigenvalue weighted by atomic mass is 9.74. The quantitative estimate of drug-likeness (QED) is 0.488. The summed E-state index contributed by atoms with van der Waals surface area (Å²) in [5, 5.41) is 0. The highest BCUT2D eigenvalue weighted by Crippen LogP contribution is 2.36. The van der Waals surface area contributed by atoms with Gasteiger partial charge in [-0.15, -0.1) is 0 Å². The van der Waals surface area contributed by atoms with Gasteiger partial charge in [-0.2, -0.15) is 0 Å². The highest BCUT2D eigenvalue weighted by molar-refractivity contribution is 5.96. The van der Waals surface area contributed by atoms with Gasteiger partial charge in [-0.1, -0.05) is 19.9 Å². The van der Waals surface area contributed by atoms with Gasteiger partial charge in [-0.25, -0.2) is 0 Å². The molecule has 0 spiro atoms. The van der Waals surface area contributed by atoms with E-state index in [0.717, 1.165) is 24.8 Å². The first kappa shape index (κ1) is 8.51. The van der Waals surface area contributed by atoms with E-state index in [1.54, 1.807) is 0 Å². The number of allylic oxidation sites excluding steroid dienone is 2. The molecule has 0 bridgehead atoms. The molecule has 0 atom stereocenters. The van der Waals surface area contributed by atoms with Crippen molar-refractivity contribution in [2.24, 2.45) is 5.41 Å². The molecule has 1 nitrogen and oxygen atoms in total. The number of rotatable bonds is 0. The van der Waals surface area contributed by atoms with Crippen LogP contribution in [0.4, 0.5) is 0 Å². The third kappa shape index (κ3) is 1.92. The van der Waals surface area contributed by atoms with Gasteiger partial charge in [0.25, 0.3) is 0 Å². The van der Waals surface area contributed by atoms with E-state index in [1.807, 2.05) is 13.0 Å². The van der Waals surface area contributed by atoms with Crippen LogP contribution in [0, 0.1) is 5.41 Å². The lowest BCUT2D eigenvalue weighted by Crippen LogP contribution is -2.23. The van der Waals surface area contributed by atoms with E-state index in [-0.39, 0.29) is 0 Å². The Morgan fingerprint density at radius 2 is 2.09 bits per heavy atom. The molecule has 11 heavy (non-hydrogen) atoms. The van der Waals surface area contributed by atoms with Gasteiger partial charge in [0.15, 0.2) is 5.78 Å². The van der Waals surface area contributed by atoms with E-state index in [1.165, 1.54) is 0 Å². The molecule has 0 aromatic rings. The summed E-state index contributed by atoms with van der Waals surface area (Å²) in [5.41, 5.74) is 1.37. The zero-order chi connectivity index (χ0) is 8.48. The number of carbonyl (C=O) groups is 1. The minimum absolute atomic E-state index is 0.343. The predicted octanol–water partition coefficient (Wildman–Crippen LogP) is 2.71. The maximum absolute atomic E-state index is 11.2. The molecule has 0 aromatic carbocycles. The third-order valence-electron chi connectivity index (χ3n) is 2.40. The smallest absolute Gasteiger partial charge is 0.158 e. The molecular weight excluding hydrogens is 136 g/mol. The van der Waals surface area contributed by atoms with E-state index in [2.05, 4.69) is 13.8 Å². The van der Waals surface area contributed by atoms with Crippen molar-refractivity contribution in [3.63, 3.8) is 0 Å². The topological polar surface area (TPSA) is 17.1 Å². The zero-order valence-corrected chi connectivity index (χ0v) is 7.61. The molecular formula is C10H16O. The summed E-state index contributed by atoms with van der Waals surface area (Å²) >= 11 is 0. The summed E-state index contributed by atoms with van der Waals surface area (Å²) in [5.74, 6) is 0.354. The van der Waals surface area contributed by atoms with Crippen LogP contribution in [0.5, 0.6) is 0 Å². The second kappa shape index (κ2) is 2.80. The molecule has 1 saturated carbocycles. The van der Waals surface area contributed by atoms with Crippen LogP contribution >= 0.6 is 0 Å². The van der Waals surface area contributed by atoms with Crippen LogP contribution in [0.2, 0.25) is 0 Å². The second-order valence-electron chi connectivity index (χ2n) is 4.08. The van der Waals surface area contributed by atoms with Crippen molar-refractivity contribution in [2.45, 2.75) is 40.0 Å². The molecule has 0 N–H and O–H groups in total. The first-order chi connectivity index (χ1) is 5.05. The maximum atomic E-state index is 11.2. The highest BCUT2D eigenvalue weighted by Gasteiger charge is 2.28. The highest BCUT2D eigenvalue weighted by atomic mass is 16.1. The molecule has 0 aliphatic heterocycles. The average Bonchev–Trinajstić information content (AvgIpc) is 1.94. The molecule has 0 saturated heterocycles. The van der Waals surface area contributed by atoms with Crippen molar-refractivity contribution in [1.29, 1.82) is 0 Å². The monoisotopic (exact) mass is 152 g/mol. The molecule has 1 fully saturated rings. The van der Waals surface area contributed by atoms with Crippen LogP contribution in [-0.2, 0) is 4.79 Å². The molecule has 0 amide bonds. The first-order valence-corrected chi connectivity index (χ1v) is 4.23. The average molecular weight is 152 g/mol. The third-order valence-corrected chi connectivity index (χ3v) is 2.40. The van der Waals surface area contributed by atoms with Gasteiger partial charge in [0.2, 0.25) is 0 Å². The molecule has 0 radical (unpaired) electrons. The maximum Gasteiger partial charge on any atom is 0.158 e. The summed E-state index contributed by atoms with van der Waals surface area (Å²) in [6.45, 7) is 6.40. The number of Topliss-reactive ketones (excluding diaryl/α,β-unsaturated/α-hetero) is 1. The number of ketones is 1. The molecule has 1 heteroatoms. The minimum Gasteiger partial charge on any atom is -0.295 e. The van der Waals surface area contributed by atoms with Crippen LogP contribution in [0.15, 0.2) is 11.6 Å². The van der Waals surface area contributed by atoms with Crippen molar-refractivity contribution in [1.82, 2.24) is 0 Å². The van der Waals surface area contributed by atoms with Gasteiger partial charge in [0.1, 0.15) is 0 Å². The molecule has 1 aliphatic rings. The minimum atomic E-state index is 0.343. The van der Waals surface area contributed by atoms with Crippen LogP contribution in [0.25, 0.3) is 0 Å². The Kier molecular flexibility index (Phi) is 2.17. The van der Waals surface area contributed by atoms with E-state index < -0.39 is 0 Å². The molecule has 0 aromatic heterocycles. The van der Waals surface area contributed by atoms with Gasteiger partial charge in [-0.05, 0) is 30.8 Å². The van der Waals surface area contributed by atoms with Crippen LogP contribution < -0.4 is 0 Å². The summed E-state index contributed by atoms with van der Waals surface area (Å²) in [6.07, 6.45) is 4.71. The molecule has 1 rings (SSSR count). The van der Waals surface area contributed by atoms with Crippen LogP contribution in [0.3, 0.4) is 0 Å². The van der Waals surface area contributed by atoms with Crippen molar-refractivity contribution in [3.8, 4) is 0 Å². The fourth-order valence-electron chi connectivity index (χ4n) is 1.58. The Labute approximate surface area is 68.5 Å². The van der Waals surface area contributed by atoms with Crippen LogP contribution in [0.1, 0.15) is 40.0 Å². The largest absolute Gasteiger partial charge is 0.295 e. The molecule has 62 valence electrons. The van der Waals surface area contributed by atoms with Crippen molar-refractivity contribution in [3.05, 3.63) is 11.6 Å². The standard InChI is InChI=1S/C10H16O/c1-4-8-7-10(2,3)6-5-9(8)11/h4H,5-7H2,1-3H3/b8-4+. The summed E-state index contributed by atoms with van der Waals surface area (Å²) in [7, 11) is 0. The lowest BCUT2D eigenvalue weighted by molar-refractivity contribution is -0.117. The molecule has 0 unspecified atom stereocenters. The second-order valence-corrected chi connectivity index (χ2v) is 4.08. The SMILES string of the molecule is C/C=C1\CC(C)(C)CCC1=O. The van der Waals surface area contributed by atoms with E-state index in [9.17, 15) is 4.79 Å². The Morgan fingerprint density at radius 3 is 2.55 bits per heavy atom. The Morgan fingerprint density at radius 1 is 1.45 bits per heavy atom. The Bertz CT molecular complexity index is 199. The van der Waals surface area contributed by atoms with Gasteiger partial charge in [0, 0.05) is 6.42 Å². The zero-order valence-electron chi connectivity index (χ0n) is 7.61. The number of carbonyl (C=O) groups excluding carboxylic acids is 1. The van der Waals surface area contributed by atoms with Crippen molar-refractivity contribution < 1.29 is 4.79 Å². The normalized spacial score (nSPS) is 27.5.